The molecule has 0 saturated heterocycles. The third kappa shape index (κ3) is 3.45. The van der Waals surface area contributed by atoms with Crippen LogP contribution in [0.15, 0.2) is 48.8 Å². The zero-order valence-electron chi connectivity index (χ0n) is 14.4. The topological polar surface area (TPSA) is 40.7 Å². The Balaban J connectivity index is 1.76. The molecule has 3 aromatic rings. The number of benzene rings is 1. The van der Waals surface area contributed by atoms with Crippen molar-refractivity contribution in [1.82, 2.24) is 15.3 Å². The number of aromatic nitrogens is 2. The third-order valence-corrected chi connectivity index (χ3v) is 4.64. The number of nitrogens with one attached hydrogen (secondary N) is 2. The van der Waals surface area contributed by atoms with Crippen LogP contribution in [0, 0.1) is 5.41 Å². The molecule has 0 radical (unpaired) electrons. The SMILES string of the molecule is CC(NCc1ccc(-c2ccnc3[nH]ccc23)cc1)C(C)(C)C. The first kappa shape index (κ1) is 15.8. The molecular weight excluding hydrogens is 282 g/mol. The standard InChI is InChI=1S/C20H25N3/c1-14(20(2,3)4)23-13-15-5-7-16(8-6-15)17-9-11-21-19-18(17)10-12-22-19/h5-12,14,23H,13H2,1-4H3,(H,21,22). The lowest BCUT2D eigenvalue weighted by atomic mass is 9.88. The highest BCUT2D eigenvalue weighted by Gasteiger charge is 2.18. The molecule has 0 fully saturated rings. The smallest absolute Gasteiger partial charge is 0.137 e. The highest BCUT2D eigenvalue weighted by atomic mass is 14.9. The van der Waals surface area contributed by atoms with E-state index in [1.807, 2.05) is 12.4 Å². The average Bonchev–Trinajstić information content (AvgIpc) is 3.00. The van der Waals surface area contributed by atoms with Crippen LogP contribution in [0.4, 0.5) is 0 Å². The minimum absolute atomic E-state index is 0.275. The number of rotatable bonds is 4. The highest BCUT2D eigenvalue weighted by molar-refractivity contribution is 5.92. The second-order valence-corrected chi connectivity index (χ2v) is 7.26. The first-order valence-electron chi connectivity index (χ1n) is 8.20. The van der Waals surface area contributed by atoms with E-state index >= 15 is 0 Å². The van der Waals surface area contributed by atoms with Crippen LogP contribution < -0.4 is 5.32 Å². The lowest BCUT2D eigenvalue weighted by Gasteiger charge is -2.28. The van der Waals surface area contributed by atoms with Gasteiger partial charge in [0.05, 0.1) is 0 Å². The molecule has 3 nitrogen and oxygen atoms in total. The lowest BCUT2D eigenvalue weighted by molar-refractivity contribution is 0.285. The Bertz CT molecular complexity index is 779. The van der Waals surface area contributed by atoms with Crippen molar-refractivity contribution in [3.05, 3.63) is 54.4 Å². The number of hydrogen-bond donors (Lipinski definition) is 2. The Labute approximate surface area is 138 Å². The van der Waals surface area contributed by atoms with Crippen molar-refractivity contribution in [3.8, 4) is 11.1 Å². The Morgan fingerprint density at radius 3 is 2.52 bits per heavy atom. The van der Waals surface area contributed by atoms with Gasteiger partial charge in [-0.2, -0.15) is 0 Å². The zero-order chi connectivity index (χ0) is 16.4. The molecule has 0 spiro atoms. The number of H-pyrrole nitrogens is 1. The molecule has 0 aliphatic rings. The molecule has 3 heteroatoms. The van der Waals surface area contributed by atoms with E-state index in [0.29, 0.717) is 6.04 Å². The fraction of sp³-hybridized carbons (Fsp3) is 0.350. The van der Waals surface area contributed by atoms with Gasteiger partial charge in [-0.15, -0.1) is 0 Å². The van der Waals surface area contributed by atoms with Gasteiger partial charge >= 0.3 is 0 Å². The molecule has 1 aromatic carbocycles. The summed E-state index contributed by atoms with van der Waals surface area (Å²) < 4.78 is 0. The van der Waals surface area contributed by atoms with Gasteiger partial charge in [-0.05, 0) is 41.2 Å². The van der Waals surface area contributed by atoms with Crippen molar-refractivity contribution in [2.75, 3.05) is 0 Å². The number of hydrogen-bond acceptors (Lipinski definition) is 2. The summed E-state index contributed by atoms with van der Waals surface area (Å²) in [6.07, 6.45) is 3.79. The van der Waals surface area contributed by atoms with E-state index < -0.39 is 0 Å². The molecule has 3 rings (SSSR count). The van der Waals surface area contributed by atoms with Gasteiger partial charge < -0.3 is 10.3 Å². The molecule has 120 valence electrons. The predicted molar refractivity (Wildman–Crippen MR) is 97.3 cm³/mol. The largest absolute Gasteiger partial charge is 0.346 e. The summed E-state index contributed by atoms with van der Waals surface area (Å²) in [6.45, 7) is 9.93. The van der Waals surface area contributed by atoms with Gasteiger partial charge in [-0.25, -0.2) is 4.98 Å². The highest BCUT2D eigenvalue weighted by Crippen LogP contribution is 2.27. The third-order valence-electron chi connectivity index (χ3n) is 4.64. The van der Waals surface area contributed by atoms with Gasteiger partial charge in [-0.1, -0.05) is 45.0 Å². The summed E-state index contributed by atoms with van der Waals surface area (Å²) in [5.41, 5.74) is 4.97. The van der Waals surface area contributed by atoms with Crippen molar-refractivity contribution in [2.24, 2.45) is 5.41 Å². The lowest BCUT2D eigenvalue weighted by Crippen LogP contribution is -2.37. The summed E-state index contributed by atoms with van der Waals surface area (Å²) in [4.78, 5) is 7.52. The van der Waals surface area contributed by atoms with E-state index in [-0.39, 0.29) is 5.41 Å². The van der Waals surface area contributed by atoms with Gasteiger partial charge in [0.25, 0.3) is 0 Å². The van der Waals surface area contributed by atoms with Gasteiger partial charge in [-0.3, -0.25) is 0 Å². The maximum atomic E-state index is 4.35. The minimum atomic E-state index is 0.275. The summed E-state index contributed by atoms with van der Waals surface area (Å²) in [5.74, 6) is 0. The summed E-state index contributed by atoms with van der Waals surface area (Å²) in [6, 6.07) is 13.4. The monoisotopic (exact) mass is 307 g/mol. The van der Waals surface area contributed by atoms with Crippen LogP contribution in [-0.4, -0.2) is 16.0 Å². The number of fused-ring (bicyclic) bond motifs is 1. The normalized spacial score (nSPS) is 13.4. The van der Waals surface area contributed by atoms with Crippen LogP contribution in [0.2, 0.25) is 0 Å². The van der Waals surface area contributed by atoms with Crippen LogP contribution >= 0.6 is 0 Å². The number of pyridine rings is 1. The molecule has 0 bridgehead atoms. The Kier molecular flexibility index (Phi) is 4.22. The Hall–Kier alpha value is -2.13. The van der Waals surface area contributed by atoms with Crippen LogP contribution in [0.3, 0.4) is 0 Å². The molecule has 2 aromatic heterocycles. The van der Waals surface area contributed by atoms with E-state index in [1.54, 1.807) is 0 Å². The molecule has 23 heavy (non-hydrogen) atoms. The Morgan fingerprint density at radius 2 is 1.83 bits per heavy atom. The van der Waals surface area contributed by atoms with Crippen LogP contribution in [-0.2, 0) is 6.54 Å². The predicted octanol–water partition coefficient (Wildman–Crippen LogP) is 4.75. The van der Waals surface area contributed by atoms with Crippen molar-refractivity contribution in [1.29, 1.82) is 0 Å². The van der Waals surface area contributed by atoms with E-state index in [9.17, 15) is 0 Å². The maximum absolute atomic E-state index is 4.35. The summed E-state index contributed by atoms with van der Waals surface area (Å²) in [5, 5.41) is 4.77. The first-order chi connectivity index (χ1) is 10.9. The van der Waals surface area contributed by atoms with E-state index in [2.05, 4.69) is 79.4 Å². The Morgan fingerprint density at radius 1 is 1.09 bits per heavy atom. The minimum Gasteiger partial charge on any atom is -0.346 e. The first-order valence-corrected chi connectivity index (χ1v) is 8.20. The second kappa shape index (κ2) is 6.17. The summed E-state index contributed by atoms with van der Waals surface area (Å²) >= 11 is 0. The van der Waals surface area contributed by atoms with Gasteiger partial charge in [0, 0.05) is 30.4 Å². The van der Waals surface area contributed by atoms with Crippen molar-refractivity contribution < 1.29 is 0 Å². The fourth-order valence-corrected chi connectivity index (χ4v) is 2.59. The summed E-state index contributed by atoms with van der Waals surface area (Å²) in [7, 11) is 0. The molecule has 0 aliphatic heterocycles. The fourth-order valence-electron chi connectivity index (χ4n) is 2.59. The number of nitrogens with zero attached hydrogens (tertiary/aromatic N) is 1. The van der Waals surface area contributed by atoms with Crippen molar-refractivity contribution in [2.45, 2.75) is 40.3 Å². The molecular formula is C20H25N3. The molecule has 0 saturated carbocycles. The van der Waals surface area contributed by atoms with Gasteiger partial charge in [0.15, 0.2) is 0 Å². The molecule has 2 N–H and O–H groups in total. The van der Waals surface area contributed by atoms with Crippen molar-refractivity contribution >= 4 is 11.0 Å². The quantitative estimate of drug-likeness (QED) is 0.730. The average molecular weight is 307 g/mol. The van der Waals surface area contributed by atoms with Crippen LogP contribution in [0.5, 0.6) is 0 Å². The molecule has 1 atom stereocenters. The maximum Gasteiger partial charge on any atom is 0.137 e. The van der Waals surface area contributed by atoms with E-state index in [1.165, 1.54) is 22.1 Å². The van der Waals surface area contributed by atoms with Crippen LogP contribution in [0.25, 0.3) is 22.2 Å². The van der Waals surface area contributed by atoms with Crippen molar-refractivity contribution in [3.63, 3.8) is 0 Å². The molecule has 1 unspecified atom stereocenters. The molecule has 0 amide bonds. The van der Waals surface area contributed by atoms with E-state index in [4.69, 9.17) is 0 Å². The molecule has 2 heterocycles. The van der Waals surface area contributed by atoms with E-state index in [0.717, 1.165) is 12.2 Å². The molecule has 0 aliphatic carbocycles. The van der Waals surface area contributed by atoms with Gasteiger partial charge in [0.2, 0.25) is 0 Å². The second-order valence-electron chi connectivity index (χ2n) is 7.26. The number of aromatic amines is 1. The zero-order valence-corrected chi connectivity index (χ0v) is 14.4. The van der Waals surface area contributed by atoms with Gasteiger partial charge in [0.1, 0.15) is 5.65 Å². The van der Waals surface area contributed by atoms with Crippen LogP contribution in [0.1, 0.15) is 33.3 Å².